The molecule has 0 amide bonds. The fourth-order valence-corrected chi connectivity index (χ4v) is 2.15. The summed E-state index contributed by atoms with van der Waals surface area (Å²) in [6.07, 6.45) is 8.90. The first kappa shape index (κ1) is 18.2. The van der Waals surface area contributed by atoms with Gasteiger partial charge in [0.05, 0.1) is 27.2 Å². The SMILES string of the molecule is C[N+](C)(CC=Cc1ccccc1)CC=Cc1ccccc1.[Cl-]. The molecule has 2 aromatic rings. The molecule has 0 saturated heterocycles. The number of halogens is 1. The van der Waals surface area contributed by atoms with Crippen LogP contribution in [0.3, 0.4) is 0 Å². The van der Waals surface area contributed by atoms with E-state index in [-0.39, 0.29) is 12.4 Å². The molecule has 116 valence electrons. The topological polar surface area (TPSA) is 0 Å². The average Bonchev–Trinajstić information content (AvgIpc) is 2.49. The Bertz CT molecular complexity index is 532. The lowest BCUT2D eigenvalue weighted by Gasteiger charge is -2.26. The summed E-state index contributed by atoms with van der Waals surface area (Å²) < 4.78 is 0.951. The smallest absolute Gasteiger partial charge is 0.0975 e. The Morgan fingerprint density at radius 2 is 1.05 bits per heavy atom. The lowest BCUT2D eigenvalue weighted by atomic mass is 10.2. The molecule has 2 aromatic carbocycles. The molecule has 0 saturated carbocycles. The Balaban J connectivity index is 0.00000242. The molecule has 2 heteroatoms. The number of hydrogen-bond acceptors (Lipinski definition) is 0. The molecule has 0 fully saturated rings. The predicted molar refractivity (Wildman–Crippen MR) is 92.8 cm³/mol. The lowest BCUT2D eigenvalue weighted by Crippen LogP contribution is -3.00. The number of rotatable bonds is 6. The molecule has 0 aromatic heterocycles. The van der Waals surface area contributed by atoms with Crippen molar-refractivity contribution in [1.29, 1.82) is 0 Å². The molecule has 0 heterocycles. The van der Waals surface area contributed by atoms with E-state index in [0.29, 0.717) is 0 Å². The summed E-state index contributed by atoms with van der Waals surface area (Å²) in [6.45, 7) is 2.04. The Kier molecular flexibility index (Phi) is 7.65. The second-order valence-electron chi connectivity index (χ2n) is 5.93. The summed E-state index contributed by atoms with van der Waals surface area (Å²) in [5, 5.41) is 0. The van der Waals surface area contributed by atoms with Gasteiger partial charge < -0.3 is 16.9 Å². The first-order valence-electron chi connectivity index (χ1n) is 7.41. The van der Waals surface area contributed by atoms with Crippen molar-refractivity contribution < 1.29 is 16.9 Å². The van der Waals surface area contributed by atoms with Crippen molar-refractivity contribution in [1.82, 2.24) is 0 Å². The van der Waals surface area contributed by atoms with Gasteiger partial charge in [-0.05, 0) is 23.3 Å². The normalized spacial score (nSPS) is 11.7. The molecule has 0 radical (unpaired) electrons. The summed E-state index contributed by atoms with van der Waals surface area (Å²) in [6, 6.07) is 20.9. The number of nitrogens with zero attached hydrogens (tertiary/aromatic N) is 1. The fraction of sp³-hybridized carbons (Fsp3) is 0.200. The van der Waals surface area contributed by atoms with Crippen LogP contribution in [-0.4, -0.2) is 31.7 Å². The van der Waals surface area contributed by atoms with Gasteiger partial charge in [-0.15, -0.1) is 0 Å². The molecule has 0 atom stereocenters. The maximum atomic E-state index is 2.26. The Labute approximate surface area is 140 Å². The molecule has 1 nitrogen and oxygen atoms in total. The average molecular weight is 314 g/mol. The molecule has 0 aliphatic carbocycles. The van der Waals surface area contributed by atoms with Gasteiger partial charge in [-0.3, -0.25) is 0 Å². The van der Waals surface area contributed by atoms with Gasteiger partial charge >= 0.3 is 0 Å². The van der Waals surface area contributed by atoms with E-state index in [0.717, 1.165) is 17.6 Å². The molecule has 0 spiro atoms. The third-order valence-electron chi connectivity index (χ3n) is 3.42. The van der Waals surface area contributed by atoms with Crippen LogP contribution < -0.4 is 12.4 Å². The largest absolute Gasteiger partial charge is 1.00 e. The number of benzene rings is 2. The van der Waals surface area contributed by atoms with Gasteiger partial charge in [0.25, 0.3) is 0 Å². The van der Waals surface area contributed by atoms with Gasteiger partial charge in [0, 0.05) is 0 Å². The minimum atomic E-state index is 0. The highest BCUT2D eigenvalue weighted by molar-refractivity contribution is 5.49. The van der Waals surface area contributed by atoms with Crippen LogP contribution in [0.25, 0.3) is 12.2 Å². The zero-order chi connectivity index (χ0) is 15.0. The van der Waals surface area contributed by atoms with E-state index in [2.05, 4.69) is 86.9 Å². The van der Waals surface area contributed by atoms with Gasteiger partial charge in [-0.1, -0.05) is 72.8 Å². The molecular formula is C20H24ClN. The number of hydrogen-bond donors (Lipinski definition) is 0. The van der Waals surface area contributed by atoms with Crippen LogP contribution >= 0.6 is 0 Å². The standard InChI is InChI=1S/C20H24N.ClH/c1-21(2,17-9-15-19-11-5-3-6-12-19)18-10-16-20-13-7-4-8-14-20;/h3-16H,17-18H2,1-2H3;1H/q+1;/p-1. The van der Waals surface area contributed by atoms with Crippen molar-refractivity contribution in [3.8, 4) is 0 Å². The fourth-order valence-electron chi connectivity index (χ4n) is 2.15. The van der Waals surface area contributed by atoms with E-state index in [9.17, 15) is 0 Å². The maximum absolute atomic E-state index is 2.26. The van der Waals surface area contributed by atoms with Crippen LogP contribution in [0.2, 0.25) is 0 Å². The summed E-state index contributed by atoms with van der Waals surface area (Å²) in [7, 11) is 4.51. The number of quaternary nitrogens is 1. The molecule has 0 aliphatic heterocycles. The van der Waals surface area contributed by atoms with E-state index in [1.807, 2.05) is 12.1 Å². The van der Waals surface area contributed by atoms with E-state index in [4.69, 9.17) is 0 Å². The van der Waals surface area contributed by atoms with Crippen LogP contribution in [0.1, 0.15) is 11.1 Å². The molecule has 0 aliphatic rings. The third-order valence-corrected chi connectivity index (χ3v) is 3.42. The van der Waals surface area contributed by atoms with Gasteiger partial charge in [0.1, 0.15) is 0 Å². The maximum Gasteiger partial charge on any atom is 0.0975 e. The van der Waals surface area contributed by atoms with Crippen molar-refractivity contribution in [2.24, 2.45) is 0 Å². The van der Waals surface area contributed by atoms with Crippen LogP contribution in [-0.2, 0) is 0 Å². The molecule has 22 heavy (non-hydrogen) atoms. The van der Waals surface area contributed by atoms with E-state index in [1.54, 1.807) is 0 Å². The molecule has 2 rings (SSSR count). The van der Waals surface area contributed by atoms with Gasteiger partial charge in [0.15, 0.2) is 0 Å². The van der Waals surface area contributed by atoms with Gasteiger partial charge in [-0.2, -0.15) is 0 Å². The van der Waals surface area contributed by atoms with E-state index >= 15 is 0 Å². The second-order valence-corrected chi connectivity index (χ2v) is 5.93. The first-order chi connectivity index (χ1) is 10.2. The van der Waals surface area contributed by atoms with Crippen LogP contribution in [0, 0.1) is 0 Å². The van der Waals surface area contributed by atoms with Crippen molar-refractivity contribution in [3.05, 3.63) is 83.9 Å². The van der Waals surface area contributed by atoms with Crippen molar-refractivity contribution >= 4 is 12.2 Å². The number of likely N-dealkylation sites (N-methyl/N-ethyl adjacent to an activating group) is 1. The molecule has 0 unspecified atom stereocenters. The van der Waals surface area contributed by atoms with Crippen molar-refractivity contribution in [2.75, 3.05) is 27.2 Å². The lowest BCUT2D eigenvalue weighted by molar-refractivity contribution is -0.878. The minimum Gasteiger partial charge on any atom is -1.00 e. The van der Waals surface area contributed by atoms with E-state index in [1.165, 1.54) is 11.1 Å². The van der Waals surface area contributed by atoms with Crippen LogP contribution in [0.15, 0.2) is 72.8 Å². The summed E-state index contributed by atoms with van der Waals surface area (Å²) in [4.78, 5) is 0. The van der Waals surface area contributed by atoms with Gasteiger partial charge in [-0.25, -0.2) is 0 Å². The monoisotopic (exact) mass is 313 g/mol. The Morgan fingerprint density at radius 1 is 0.682 bits per heavy atom. The summed E-state index contributed by atoms with van der Waals surface area (Å²) >= 11 is 0. The summed E-state index contributed by atoms with van der Waals surface area (Å²) in [5.41, 5.74) is 2.52. The quantitative estimate of drug-likeness (QED) is 0.709. The second kappa shape index (κ2) is 9.24. The molecule has 0 N–H and O–H groups in total. The van der Waals surface area contributed by atoms with Crippen LogP contribution in [0.4, 0.5) is 0 Å². The van der Waals surface area contributed by atoms with Crippen molar-refractivity contribution in [3.63, 3.8) is 0 Å². The highest BCUT2D eigenvalue weighted by Gasteiger charge is 2.09. The molecular weight excluding hydrogens is 290 g/mol. The summed E-state index contributed by atoms with van der Waals surface area (Å²) in [5.74, 6) is 0. The van der Waals surface area contributed by atoms with Gasteiger partial charge in [0.2, 0.25) is 0 Å². The highest BCUT2D eigenvalue weighted by Crippen LogP contribution is 2.05. The first-order valence-corrected chi connectivity index (χ1v) is 7.41. The van der Waals surface area contributed by atoms with E-state index < -0.39 is 0 Å². The zero-order valence-electron chi connectivity index (χ0n) is 13.3. The van der Waals surface area contributed by atoms with Crippen LogP contribution in [0.5, 0.6) is 0 Å². The Hall–Kier alpha value is -1.83. The predicted octanol–water partition coefficient (Wildman–Crippen LogP) is 1.49. The minimum absolute atomic E-state index is 0. The van der Waals surface area contributed by atoms with Crippen molar-refractivity contribution in [2.45, 2.75) is 0 Å². The third kappa shape index (κ3) is 6.75. The zero-order valence-corrected chi connectivity index (χ0v) is 14.1. The molecule has 0 bridgehead atoms. The Morgan fingerprint density at radius 3 is 1.41 bits per heavy atom. The highest BCUT2D eigenvalue weighted by atomic mass is 35.5.